The van der Waals surface area contributed by atoms with Gasteiger partial charge in [0.15, 0.2) is 0 Å². The maximum Gasteiger partial charge on any atom is 0.208 e. The summed E-state index contributed by atoms with van der Waals surface area (Å²) in [6, 6.07) is 5.84. The quantitative estimate of drug-likeness (QED) is 0.747. The van der Waals surface area contributed by atoms with Crippen LogP contribution < -0.4 is 9.80 Å². The van der Waals surface area contributed by atoms with Crippen molar-refractivity contribution in [1.29, 1.82) is 0 Å². The Bertz CT molecular complexity index is 448. The Labute approximate surface area is 113 Å². The minimum Gasteiger partial charge on any atom is -0.392 e. The average Bonchev–Trinajstić information content (AvgIpc) is 2.55. The highest BCUT2D eigenvalue weighted by Crippen LogP contribution is 2.41. The number of para-hydroxylation sites is 1. The molecule has 1 aromatic carbocycles. The number of aliphatic hydroxyl groups excluding tert-OH is 3. The fraction of sp³-hybridized carbons (Fsp3) is 0.571. The Hall–Kier alpha value is -1.30. The minimum absolute atomic E-state index is 0.355. The zero-order chi connectivity index (χ0) is 14.2. The molecule has 0 aromatic heterocycles. The van der Waals surface area contributed by atoms with Gasteiger partial charge in [-0.1, -0.05) is 12.1 Å². The summed E-state index contributed by atoms with van der Waals surface area (Å²) in [7, 11) is 0. The Kier molecular flexibility index (Phi) is 3.99. The van der Waals surface area contributed by atoms with Gasteiger partial charge in [-0.3, -0.25) is 0 Å². The highest BCUT2D eigenvalue weighted by Gasteiger charge is 2.36. The normalized spacial score (nSPS) is 21.5. The Morgan fingerprint density at radius 3 is 2.26 bits per heavy atom. The van der Waals surface area contributed by atoms with Gasteiger partial charge in [0.1, 0.15) is 0 Å². The van der Waals surface area contributed by atoms with E-state index in [2.05, 4.69) is 0 Å². The van der Waals surface area contributed by atoms with E-state index in [1.54, 1.807) is 23.6 Å². The number of rotatable bonds is 4. The summed E-state index contributed by atoms with van der Waals surface area (Å²) in [4.78, 5) is 3.53. The van der Waals surface area contributed by atoms with Crippen LogP contribution in [0.15, 0.2) is 18.2 Å². The summed E-state index contributed by atoms with van der Waals surface area (Å²) in [5, 5.41) is 29.6. The molecule has 106 valence electrons. The van der Waals surface area contributed by atoms with Gasteiger partial charge >= 0.3 is 0 Å². The summed E-state index contributed by atoms with van der Waals surface area (Å²) < 4.78 is 0. The number of nitrogens with zero attached hydrogens (tertiary/aromatic N) is 2. The van der Waals surface area contributed by atoms with Gasteiger partial charge in [-0.05, 0) is 32.4 Å². The molecule has 0 fully saturated rings. The molecule has 3 unspecified atom stereocenters. The second-order valence-electron chi connectivity index (χ2n) is 5.29. The molecule has 5 heteroatoms. The second-order valence-corrected chi connectivity index (χ2v) is 5.29. The molecular formula is C14H22N2O3. The molecule has 2 rings (SSSR count). The van der Waals surface area contributed by atoms with Gasteiger partial charge < -0.3 is 25.1 Å². The molecule has 0 aliphatic carbocycles. The van der Waals surface area contributed by atoms with E-state index in [0.717, 1.165) is 16.9 Å². The number of fused-ring (bicyclic) bond motifs is 1. The molecule has 1 aliphatic heterocycles. The molecule has 0 spiro atoms. The summed E-state index contributed by atoms with van der Waals surface area (Å²) in [5.74, 6) is 0. The van der Waals surface area contributed by atoms with E-state index in [-0.39, 0.29) is 0 Å². The largest absolute Gasteiger partial charge is 0.392 e. The van der Waals surface area contributed by atoms with Crippen molar-refractivity contribution < 1.29 is 15.3 Å². The Balaban J connectivity index is 2.40. The fourth-order valence-electron chi connectivity index (χ4n) is 2.60. The third-order valence-electron chi connectivity index (χ3n) is 3.29. The van der Waals surface area contributed by atoms with E-state index in [9.17, 15) is 15.3 Å². The molecule has 1 aliphatic rings. The molecule has 0 saturated heterocycles. The average molecular weight is 266 g/mol. The van der Waals surface area contributed by atoms with Crippen molar-refractivity contribution in [1.82, 2.24) is 0 Å². The predicted molar refractivity (Wildman–Crippen MR) is 75.2 cm³/mol. The zero-order valence-electron chi connectivity index (χ0n) is 11.6. The molecular weight excluding hydrogens is 244 g/mol. The maximum absolute atomic E-state index is 10.4. The van der Waals surface area contributed by atoms with Crippen molar-refractivity contribution >= 4 is 11.4 Å². The number of anilines is 2. The monoisotopic (exact) mass is 266 g/mol. The minimum atomic E-state index is -0.847. The van der Waals surface area contributed by atoms with Crippen LogP contribution in [0.1, 0.15) is 19.4 Å². The predicted octanol–water partition coefficient (Wildman–Crippen LogP) is 0.659. The van der Waals surface area contributed by atoms with Crippen molar-refractivity contribution in [3.05, 3.63) is 23.8 Å². The second kappa shape index (κ2) is 5.36. The van der Waals surface area contributed by atoms with E-state index in [0.29, 0.717) is 13.1 Å². The highest BCUT2D eigenvalue weighted by atomic mass is 16.3. The van der Waals surface area contributed by atoms with E-state index in [1.807, 2.05) is 25.1 Å². The lowest BCUT2D eigenvalue weighted by molar-refractivity contribution is 0.126. The van der Waals surface area contributed by atoms with E-state index < -0.39 is 18.6 Å². The molecule has 5 nitrogen and oxygen atoms in total. The molecule has 1 heterocycles. The van der Waals surface area contributed by atoms with Crippen LogP contribution in [0.2, 0.25) is 0 Å². The smallest absolute Gasteiger partial charge is 0.208 e. The number of hydrogen-bond donors (Lipinski definition) is 3. The summed E-state index contributed by atoms with van der Waals surface area (Å²) in [6.07, 6.45) is -1.91. The standard InChI is InChI=1S/C14H22N2O3/c1-9-5-4-6-12-13(9)16(8-11(3)18)14(19)15(12)7-10(2)17/h4-6,10-11,14,17-19H,7-8H2,1-3H3. The first kappa shape index (κ1) is 14.1. The van der Waals surface area contributed by atoms with E-state index >= 15 is 0 Å². The van der Waals surface area contributed by atoms with Crippen LogP contribution in [0.5, 0.6) is 0 Å². The first-order valence-electron chi connectivity index (χ1n) is 6.59. The van der Waals surface area contributed by atoms with Gasteiger partial charge in [0.05, 0.1) is 23.6 Å². The number of aryl methyl sites for hydroxylation is 1. The van der Waals surface area contributed by atoms with Crippen molar-refractivity contribution in [2.75, 3.05) is 22.9 Å². The van der Waals surface area contributed by atoms with Crippen molar-refractivity contribution in [2.45, 2.75) is 39.3 Å². The Morgan fingerprint density at radius 2 is 1.68 bits per heavy atom. The number of β-amino-alcohol motifs (C(OH)–C–C–N with tert-alkyl or cyclic N) is 2. The molecule has 0 amide bonds. The maximum atomic E-state index is 10.4. The lowest BCUT2D eigenvalue weighted by atomic mass is 10.1. The Morgan fingerprint density at radius 1 is 1.11 bits per heavy atom. The van der Waals surface area contributed by atoms with Gasteiger partial charge in [0.25, 0.3) is 0 Å². The van der Waals surface area contributed by atoms with Crippen LogP contribution >= 0.6 is 0 Å². The first-order valence-corrected chi connectivity index (χ1v) is 6.59. The first-order chi connectivity index (χ1) is 8.91. The molecule has 0 saturated carbocycles. The summed E-state index contributed by atoms with van der Waals surface area (Å²) in [5.41, 5.74) is 2.87. The van der Waals surface area contributed by atoms with Crippen molar-refractivity contribution in [3.63, 3.8) is 0 Å². The van der Waals surface area contributed by atoms with Crippen LogP contribution in [0.25, 0.3) is 0 Å². The highest BCUT2D eigenvalue weighted by molar-refractivity contribution is 5.80. The van der Waals surface area contributed by atoms with Gasteiger partial charge in [-0.2, -0.15) is 0 Å². The fourth-order valence-corrected chi connectivity index (χ4v) is 2.60. The van der Waals surface area contributed by atoms with Gasteiger partial charge in [0, 0.05) is 13.1 Å². The summed E-state index contributed by atoms with van der Waals surface area (Å²) in [6.45, 7) is 6.08. The lowest BCUT2D eigenvalue weighted by Crippen LogP contribution is -2.47. The summed E-state index contributed by atoms with van der Waals surface area (Å²) >= 11 is 0. The molecule has 1 aromatic rings. The van der Waals surface area contributed by atoms with Gasteiger partial charge in [0.2, 0.25) is 6.35 Å². The third-order valence-corrected chi connectivity index (χ3v) is 3.29. The molecule has 3 N–H and O–H groups in total. The van der Waals surface area contributed by atoms with E-state index in [1.165, 1.54) is 0 Å². The topological polar surface area (TPSA) is 67.2 Å². The molecule has 3 atom stereocenters. The van der Waals surface area contributed by atoms with E-state index in [4.69, 9.17) is 0 Å². The van der Waals surface area contributed by atoms with Crippen LogP contribution in [0.3, 0.4) is 0 Å². The number of hydrogen-bond acceptors (Lipinski definition) is 5. The van der Waals surface area contributed by atoms with Crippen LogP contribution in [0.4, 0.5) is 11.4 Å². The van der Waals surface area contributed by atoms with Crippen LogP contribution in [0, 0.1) is 6.92 Å². The SMILES string of the molecule is Cc1cccc2c1N(CC(C)O)C(O)N2CC(C)O. The third kappa shape index (κ3) is 2.68. The van der Waals surface area contributed by atoms with Crippen LogP contribution in [-0.2, 0) is 0 Å². The lowest BCUT2D eigenvalue weighted by Gasteiger charge is -2.30. The van der Waals surface area contributed by atoms with Gasteiger partial charge in [-0.15, -0.1) is 0 Å². The van der Waals surface area contributed by atoms with Gasteiger partial charge in [-0.25, -0.2) is 0 Å². The van der Waals surface area contributed by atoms with Crippen molar-refractivity contribution in [2.24, 2.45) is 0 Å². The number of aliphatic hydroxyl groups is 3. The molecule has 0 radical (unpaired) electrons. The number of benzene rings is 1. The zero-order valence-corrected chi connectivity index (χ0v) is 11.6. The van der Waals surface area contributed by atoms with Crippen molar-refractivity contribution in [3.8, 4) is 0 Å². The van der Waals surface area contributed by atoms with Crippen LogP contribution in [-0.4, -0.2) is 47.0 Å². The molecule has 19 heavy (non-hydrogen) atoms. The molecule has 0 bridgehead atoms.